The Labute approximate surface area is 181 Å². The summed E-state index contributed by atoms with van der Waals surface area (Å²) in [5.74, 6) is 0.655. The highest BCUT2D eigenvalue weighted by atomic mass is 16.6. The highest BCUT2D eigenvalue weighted by Gasteiger charge is 2.11. The Morgan fingerprint density at radius 1 is 0.774 bits per heavy atom. The second-order valence-corrected chi connectivity index (χ2v) is 6.85. The third kappa shape index (κ3) is 6.89. The number of esters is 2. The van der Waals surface area contributed by atoms with Gasteiger partial charge in [-0.05, 0) is 61.9 Å². The molecule has 0 spiro atoms. The van der Waals surface area contributed by atoms with Gasteiger partial charge in [-0.2, -0.15) is 0 Å². The quantitative estimate of drug-likeness (QED) is 0.288. The number of aryl methyl sites for hydroxylation is 2. The third-order valence-electron chi connectivity index (χ3n) is 4.33. The molecule has 0 N–H and O–H groups in total. The molecule has 0 fully saturated rings. The highest BCUT2D eigenvalue weighted by Crippen LogP contribution is 2.19. The number of hydrogen-bond acceptors (Lipinski definition) is 6. The molecule has 6 heteroatoms. The minimum Gasteiger partial charge on any atom is -0.490 e. The maximum absolute atomic E-state index is 12.1. The Balaban J connectivity index is 1.41. The molecule has 0 bridgehead atoms. The van der Waals surface area contributed by atoms with Crippen molar-refractivity contribution >= 4 is 11.9 Å². The zero-order chi connectivity index (χ0) is 22.1. The van der Waals surface area contributed by atoms with Crippen LogP contribution in [0.15, 0.2) is 72.8 Å². The summed E-state index contributed by atoms with van der Waals surface area (Å²) in [6, 6.07) is 21.1. The van der Waals surface area contributed by atoms with Crippen molar-refractivity contribution in [3.63, 3.8) is 0 Å². The Kier molecular flexibility index (Phi) is 7.65. The third-order valence-corrected chi connectivity index (χ3v) is 4.33. The van der Waals surface area contributed by atoms with Crippen molar-refractivity contribution in [2.45, 2.75) is 13.8 Å². The van der Waals surface area contributed by atoms with Crippen molar-refractivity contribution in [3.05, 3.63) is 89.5 Å². The summed E-state index contributed by atoms with van der Waals surface area (Å²) < 4.78 is 21.4. The minimum absolute atomic E-state index is 0.125. The summed E-state index contributed by atoms with van der Waals surface area (Å²) in [5, 5.41) is 0. The van der Waals surface area contributed by atoms with Gasteiger partial charge in [-0.3, -0.25) is 0 Å². The van der Waals surface area contributed by atoms with Gasteiger partial charge in [0, 0.05) is 0 Å². The van der Waals surface area contributed by atoms with E-state index in [9.17, 15) is 9.59 Å². The molecule has 0 aliphatic carbocycles. The molecule has 31 heavy (non-hydrogen) atoms. The molecule has 6 nitrogen and oxygen atoms in total. The van der Waals surface area contributed by atoms with Gasteiger partial charge in [-0.15, -0.1) is 0 Å². The van der Waals surface area contributed by atoms with E-state index in [2.05, 4.69) is 0 Å². The summed E-state index contributed by atoms with van der Waals surface area (Å²) in [7, 11) is 0. The smallest absolute Gasteiger partial charge is 0.349 e. The molecule has 0 atom stereocenters. The van der Waals surface area contributed by atoms with Crippen molar-refractivity contribution in [1.82, 2.24) is 0 Å². The van der Waals surface area contributed by atoms with E-state index in [-0.39, 0.29) is 19.8 Å². The molecule has 0 aliphatic heterocycles. The van der Waals surface area contributed by atoms with Crippen LogP contribution in [0.5, 0.6) is 17.2 Å². The molecule has 3 aromatic rings. The lowest BCUT2D eigenvalue weighted by Gasteiger charge is -2.10. The molecule has 3 aromatic carbocycles. The SMILES string of the molecule is Cc1ccc(OCC(=O)Oc2ccc(C(=O)OCCOc3ccccc3)cc2)c(C)c1. The highest BCUT2D eigenvalue weighted by molar-refractivity contribution is 5.89. The van der Waals surface area contributed by atoms with Crippen LogP contribution in [-0.2, 0) is 9.53 Å². The summed E-state index contributed by atoms with van der Waals surface area (Å²) in [6.45, 7) is 4.07. The molecular formula is C25H24O6. The summed E-state index contributed by atoms with van der Waals surface area (Å²) in [6.07, 6.45) is 0. The van der Waals surface area contributed by atoms with E-state index >= 15 is 0 Å². The molecule has 0 amide bonds. The maximum Gasteiger partial charge on any atom is 0.349 e. The maximum atomic E-state index is 12.1. The number of hydrogen-bond donors (Lipinski definition) is 0. The Bertz CT molecular complexity index is 1010. The van der Waals surface area contributed by atoms with Crippen LogP contribution in [0.3, 0.4) is 0 Å². The van der Waals surface area contributed by atoms with E-state index in [1.807, 2.05) is 62.4 Å². The lowest BCUT2D eigenvalue weighted by atomic mass is 10.1. The van der Waals surface area contributed by atoms with Crippen LogP contribution in [0.1, 0.15) is 21.5 Å². The Morgan fingerprint density at radius 2 is 1.52 bits per heavy atom. The van der Waals surface area contributed by atoms with E-state index in [0.29, 0.717) is 22.8 Å². The van der Waals surface area contributed by atoms with Crippen LogP contribution in [0.4, 0.5) is 0 Å². The number of benzene rings is 3. The van der Waals surface area contributed by atoms with E-state index in [1.165, 1.54) is 24.3 Å². The molecule has 0 radical (unpaired) electrons. The topological polar surface area (TPSA) is 71.1 Å². The second-order valence-electron chi connectivity index (χ2n) is 6.85. The lowest BCUT2D eigenvalue weighted by Crippen LogP contribution is -2.18. The van der Waals surface area contributed by atoms with Gasteiger partial charge in [0.1, 0.15) is 30.5 Å². The van der Waals surface area contributed by atoms with Crippen molar-refractivity contribution < 1.29 is 28.5 Å². The summed E-state index contributed by atoms with van der Waals surface area (Å²) in [4.78, 5) is 24.1. The van der Waals surface area contributed by atoms with Crippen LogP contribution < -0.4 is 14.2 Å². The van der Waals surface area contributed by atoms with Crippen molar-refractivity contribution in [1.29, 1.82) is 0 Å². The number of para-hydroxylation sites is 1. The fourth-order valence-electron chi connectivity index (χ4n) is 2.81. The van der Waals surface area contributed by atoms with Gasteiger partial charge >= 0.3 is 11.9 Å². The molecule has 0 aliphatic rings. The molecule has 160 valence electrons. The first-order valence-electron chi connectivity index (χ1n) is 9.87. The minimum atomic E-state index is -0.534. The first-order chi connectivity index (χ1) is 15.0. The predicted molar refractivity (Wildman–Crippen MR) is 116 cm³/mol. The largest absolute Gasteiger partial charge is 0.490 e. The second kappa shape index (κ2) is 10.8. The van der Waals surface area contributed by atoms with Crippen LogP contribution in [0, 0.1) is 13.8 Å². The molecule has 3 rings (SSSR count). The molecule has 0 saturated heterocycles. The molecule has 0 saturated carbocycles. The van der Waals surface area contributed by atoms with E-state index < -0.39 is 11.9 Å². The first kappa shape index (κ1) is 21.9. The number of carbonyl (C=O) groups excluding carboxylic acids is 2. The molecular weight excluding hydrogens is 396 g/mol. The van der Waals surface area contributed by atoms with Crippen molar-refractivity contribution in [3.8, 4) is 17.2 Å². The van der Waals surface area contributed by atoms with Gasteiger partial charge < -0.3 is 18.9 Å². The van der Waals surface area contributed by atoms with Gasteiger partial charge in [0.2, 0.25) is 0 Å². The van der Waals surface area contributed by atoms with Crippen molar-refractivity contribution in [2.75, 3.05) is 19.8 Å². The molecule has 0 heterocycles. The monoisotopic (exact) mass is 420 g/mol. The molecule has 0 unspecified atom stereocenters. The normalized spacial score (nSPS) is 10.3. The van der Waals surface area contributed by atoms with Gasteiger partial charge in [0.15, 0.2) is 6.61 Å². The van der Waals surface area contributed by atoms with Gasteiger partial charge in [-0.1, -0.05) is 35.9 Å². The van der Waals surface area contributed by atoms with Gasteiger partial charge in [0.05, 0.1) is 5.56 Å². The lowest BCUT2D eigenvalue weighted by molar-refractivity contribution is -0.136. The Morgan fingerprint density at radius 3 is 2.23 bits per heavy atom. The average Bonchev–Trinajstić information content (AvgIpc) is 2.77. The summed E-state index contributed by atoms with van der Waals surface area (Å²) in [5.41, 5.74) is 2.42. The first-order valence-corrected chi connectivity index (χ1v) is 9.87. The van der Waals surface area contributed by atoms with Crippen LogP contribution >= 0.6 is 0 Å². The fourth-order valence-corrected chi connectivity index (χ4v) is 2.81. The van der Waals surface area contributed by atoms with Gasteiger partial charge in [0.25, 0.3) is 0 Å². The number of carbonyl (C=O) groups is 2. The summed E-state index contributed by atoms with van der Waals surface area (Å²) >= 11 is 0. The average molecular weight is 420 g/mol. The van der Waals surface area contributed by atoms with Crippen LogP contribution in [0.25, 0.3) is 0 Å². The Hall–Kier alpha value is -3.80. The number of ether oxygens (including phenoxy) is 4. The fraction of sp³-hybridized carbons (Fsp3) is 0.200. The molecule has 0 aromatic heterocycles. The van der Waals surface area contributed by atoms with Crippen molar-refractivity contribution in [2.24, 2.45) is 0 Å². The zero-order valence-corrected chi connectivity index (χ0v) is 17.5. The van der Waals surface area contributed by atoms with Crippen LogP contribution in [-0.4, -0.2) is 31.8 Å². The number of rotatable bonds is 9. The van der Waals surface area contributed by atoms with Crippen LogP contribution in [0.2, 0.25) is 0 Å². The van der Waals surface area contributed by atoms with Gasteiger partial charge in [-0.25, -0.2) is 9.59 Å². The standard InChI is InChI=1S/C25H24O6/c1-18-8-13-23(19(2)16-18)30-17-24(26)31-22-11-9-20(10-12-22)25(27)29-15-14-28-21-6-4-3-5-7-21/h3-13,16H,14-15,17H2,1-2H3. The van der Waals surface area contributed by atoms with E-state index in [1.54, 1.807) is 0 Å². The predicted octanol–water partition coefficient (Wildman–Crippen LogP) is 4.52. The zero-order valence-electron chi connectivity index (χ0n) is 17.5. The van der Waals surface area contributed by atoms with E-state index in [4.69, 9.17) is 18.9 Å². The van der Waals surface area contributed by atoms with E-state index in [0.717, 1.165) is 11.1 Å².